The summed E-state index contributed by atoms with van der Waals surface area (Å²) in [4.78, 5) is 15.2. The molecule has 0 bridgehead atoms. The fourth-order valence-electron chi connectivity index (χ4n) is 3.99. The van der Waals surface area contributed by atoms with E-state index in [1.165, 1.54) is 5.56 Å². The van der Waals surface area contributed by atoms with Gasteiger partial charge in [-0.15, -0.1) is 0 Å². The van der Waals surface area contributed by atoms with Crippen LogP contribution in [0.4, 0.5) is 10.5 Å². The number of methoxy groups -OCH3 is 2. The van der Waals surface area contributed by atoms with Gasteiger partial charge in [0.05, 0.1) is 20.3 Å². The normalized spacial score (nSPS) is 15.5. The maximum absolute atomic E-state index is 13.3. The van der Waals surface area contributed by atoms with E-state index < -0.39 is 0 Å². The molecule has 1 aromatic heterocycles. The van der Waals surface area contributed by atoms with E-state index in [2.05, 4.69) is 29.1 Å². The molecule has 0 saturated carbocycles. The fourth-order valence-corrected chi connectivity index (χ4v) is 3.99. The molecule has 3 aromatic rings. The lowest BCUT2D eigenvalue weighted by atomic mass is 9.99. The van der Waals surface area contributed by atoms with Crippen molar-refractivity contribution in [1.29, 1.82) is 0 Å². The van der Waals surface area contributed by atoms with Crippen LogP contribution in [0.3, 0.4) is 0 Å². The van der Waals surface area contributed by atoms with Crippen molar-refractivity contribution in [2.45, 2.75) is 26.4 Å². The van der Waals surface area contributed by atoms with Crippen LogP contribution in [0.15, 0.2) is 54.7 Å². The second kappa shape index (κ2) is 8.14. The van der Waals surface area contributed by atoms with Gasteiger partial charge in [-0.1, -0.05) is 12.1 Å². The molecule has 0 unspecified atom stereocenters. The number of fused-ring (bicyclic) bond motifs is 1. The number of anilines is 1. The molecule has 30 heavy (non-hydrogen) atoms. The SMILES string of the molecule is COc1ccc([C@@H]2c3cccn3CCN2C(=O)Nc2ccc(C)c(C)c2)cc1OC. The lowest BCUT2D eigenvalue weighted by Crippen LogP contribution is -2.44. The minimum atomic E-state index is -0.222. The third kappa shape index (κ3) is 3.61. The first-order valence-corrected chi connectivity index (χ1v) is 10.0. The Labute approximate surface area is 177 Å². The molecular weight excluding hydrogens is 378 g/mol. The Morgan fingerprint density at radius 2 is 1.77 bits per heavy atom. The van der Waals surface area contributed by atoms with Crippen molar-refractivity contribution in [3.05, 3.63) is 77.1 Å². The average molecular weight is 405 g/mol. The Morgan fingerprint density at radius 1 is 0.967 bits per heavy atom. The molecule has 0 fully saturated rings. The smallest absolute Gasteiger partial charge is 0.322 e. The van der Waals surface area contributed by atoms with Gasteiger partial charge in [-0.25, -0.2) is 4.79 Å². The number of carbonyl (C=O) groups is 1. The van der Waals surface area contributed by atoms with Gasteiger partial charge in [0.1, 0.15) is 0 Å². The molecule has 2 aromatic carbocycles. The Bertz CT molecular complexity index is 1070. The summed E-state index contributed by atoms with van der Waals surface area (Å²) in [6, 6.07) is 15.5. The fraction of sp³-hybridized carbons (Fsp3) is 0.292. The van der Waals surface area contributed by atoms with Gasteiger partial charge in [-0.2, -0.15) is 0 Å². The quantitative estimate of drug-likeness (QED) is 0.681. The Kier molecular flexibility index (Phi) is 5.40. The summed E-state index contributed by atoms with van der Waals surface area (Å²) in [7, 11) is 3.24. The topological polar surface area (TPSA) is 55.7 Å². The summed E-state index contributed by atoms with van der Waals surface area (Å²) in [6.07, 6.45) is 2.06. The molecule has 6 nitrogen and oxygen atoms in total. The van der Waals surface area contributed by atoms with E-state index in [0.717, 1.165) is 29.1 Å². The van der Waals surface area contributed by atoms with Crippen LogP contribution in [-0.2, 0) is 6.54 Å². The number of hydrogen-bond acceptors (Lipinski definition) is 3. The van der Waals surface area contributed by atoms with Crippen molar-refractivity contribution in [3.8, 4) is 11.5 Å². The third-order valence-electron chi connectivity index (χ3n) is 5.78. The predicted molar refractivity (Wildman–Crippen MR) is 117 cm³/mol. The highest BCUT2D eigenvalue weighted by atomic mass is 16.5. The van der Waals surface area contributed by atoms with Crippen LogP contribution in [0.5, 0.6) is 11.5 Å². The van der Waals surface area contributed by atoms with Crippen LogP contribution in [0.25, 0.3) is 0 Å². The van der Waals surface area contributed by atoms with Crippen LogP contribution in [0, 0.1) is 13.8 Å². The monoisotopic (exact) mass is 405 g/mol. The van der Waals surface area contributed by atoms with E-state index in [1.54, 1.807) is 14.2 Å². The molecule has 1 atom stereocenters. The molecular formula is C24H27N3O3. The molecule has 1 aliphatic heterocycles. The standard InChI is InChI=1S/C24H27N3O3/c1-16-7-9-19(14-17(16)2)25-24(28)27-13-12-26-11-5-6-20(26)23(27)18-8-10-21(29-3)22(15-18)30-4/h5-11,14-15,23H,12-13H2,1-4H3,(H,25,28)/t23-/m1/s1. The Hall–Kier alpha value is -3.41. The Morgan fingerprint density at radius 3 is 2.50 bits per heavy atom. The van der Waals surface area contributed by atoms with Gasteiger partial charge < -0.3 is 24.3 Å². The van der Waals surface area contributed by atoms with E-state index in [9.17, 15) is 4.79 Å². The molecule has 0 radical (unpaired) electrons. The number of benzene rings is 2. The van der Waals surface area contributed by atoms with E-state index in [4.69, 9.17) is 9.47 Å². The van der Waals surface area contributed by atoms with Crippen molar-refractivity contribution in [3.63, 3.8) is 0 Å². The van der Waals surface area contributed by atoms with Gasteiger partial charge in [0.15, 0.2) is 11.5 Å². The molecule has 2 amide bonds. The van der Waals surface area contributed by atoms with Crippen molar-refractivity contribution < 1.29 is 14.3 Å². The summed E-state index contributed by atoms with van der Waals surface area (Å²) in [5, 5.41) is 3.08. The van der Waals surface area contributed by atoms with Gasteiger partial charge in [0.25, 0.3) is 0 Å². The van der Waals surface area contributed by atoms with Crippen molar-refractivity contribution in [2.75, 3.05) is 26.1 Å². The van der Waals surface area contributed by atoms with Gasteiger partial charge in [-0.05, 0) is 66.9 Å². The zero-order valence-electron chi connectivity index (χ0n) is 17.8. The number of nitrogens with one attached hydrogen (secondary N) is 1. The van der Waals surface area contributed by atoms with Crippen molar-refractivity contribution >= 4 is 11.7 Å². The average Bonchev–Trinajstić information content (AvgIpc) is 3.24. The van der Waals surface area contributed by atoms with Crippen LogP contribution < -0.4 is 14.8 Å². The number of aromatic nitrogens is 1. The Balaban J connectivity index is 1.69. The first kappa shape index (κ1) is 19.9. The predicted octanol–water partition coefficient (Wildman–Crippen LogP) is 4.76. The zero-order chi connectivity index (χ0) is 21.3. The molecule has 4 rings (SSSR count). The minimum absolute atomic E-state index is 0.120. The first-order valence-electron chi connectivity index (χ1n) is 10.0. The van der Waals surface area contributed by atoms with E-state index in [0.29, 0.717) is 18.0 Å². The van der Waals surface area contributed by atoms with Gasteiger partial charge in [-0.3, -0.25) is 0 Å². The van der Waals surface area contributed by atoms with Crippen molar-refractivity contribution in [1.82, 2.24) is 9.47 Å². The van der Waals surface area contributed by atoms with Crippen LogP contribution >= 0.6 is 0 Å². The summed E-state index contributed by atoms with van der Waals surface area (Å²) in [5.41, 5.74) is 5.20. The van der Waals surface area contributed by atoms with E-state index >= 15 is 0 Å². The highest BCUT2D eigenvalue weighted by molar-refractivity contribution is 5.90. The summed E-state index contributed by atoms with van der Waals surface area (Å²) in [6.45, 7) is 5.47. The minimum Gasteiger partial charge on any atom is -0.493 e. The van der Waals surface area contributed by atoms with E-state index in [-0.39, 0.29) is 12.1 Å². The molecule has 6 heteroatoms. The van der Waals surface area contributed by atoms with Gasteiger partial charge >= 0.3 is 6.03 Å². The van der Waals surface area contributed by atoms with Crippen LogP contribution in [0.2, 0.25) is 0 Å². The molecule has 0 aliphatic carbocycles. The highest BCUT2D eigenvalue weighted by Gasteiger charge is 2.32. The van der Waals surface area contributed by atoms with E-state index in [1.807, 2.05) is 54.3 Å². The number of nitrogens with zero attached hydrogens (tertiary/aromatic N) is 2. The summed E-state index contributed by atoms with van der Waals surface area (Å²) >= 11 is 0. The third-order valence-corrected chi connectivity index (χ3v) is 5.78. The zero-order valence-corrected chi connectivity index (χ0v) is 17.8. The molecule has 0 spiro atoms. The summed E-state index contributed by atoms with van der Waals surface area (Å²) < 4.78 is 13.1. The van der Waals surface area contributed by atoms with Crippen molar-refractivity contribution in [2.24, 2.45) is 0 Å². The first-order chi connectivity index (χ1) is 14.5. The van der Waals surface area contributed by atoms with Crippen LogP contribution in [-0.4, -0.2) is 36.3 Å². The second-order valence-electron chi connectivity index (χ2n) is 7.57. The number of carbonyl (C=O) groups excluding carboxylic acids is 1. The lowest BCUT2D eigenvalue weighted by Gasteiger charge is -2.37. The largest absolute Gasteiger partial charge is 0.493 e. The number of amides is 2. The van der Waals surface area contributed by atoms with Gasteiger partial charge in [0.2, 0.25) is 0 Å². The molecule has 0 saturated heterocycles. The van der Waals surface area contributed by atoms with Crippen LogP contribution in [0.1, 0.15) is 28.4 Å². The number of aryl methyl sites for hydroxylation is 2. The number of ether oxygens (including phenoxy) is 2. The number of hydrogen-bond donors (Lipinski definition) is 1. The molecule has 1 N–H and O–H groups in total. The molecule has 156 valence electrons. The molecule has 2 heterocycles. The lowest BCUT2D eigenvalue weighted by molar-refractivity contribution is 0.181. The maximum Gasteiger partial charge on any atom is 0.322 e. The van der Waals surface area contributed by atoms with Gasteiger partial charge in [0, 0.05) is 30.7 Å². The summed E-state index contributed by atoms with van der Waals surface area (Å²) in [5.74, 6) is 1.31. The molecule has 1 aliphatic rings. The second-order valence-corrected chi connectivity index (χ2v) is 7.57. The maximum atomic E-state index is 13.3. The number of rotatable bonds is 4. The highest BCUT2D eigenvalue weighted by Crippen LogP contribution is 2.37. The number of urea groups is 1.